The second kappa shape index (κ2) is 7.76. The number of nitrogens with one attached hydrogen (secondary N) is 1. The van der Waals surface area contributed by atoms with Gasteiger partial charge in [-0.25, -0.2) is 0 Å². The van der Waals surface area contributed by atoms with E-state index in [2.05, 4.69) is 5.32 Å². The van der Waals surface area contributed by atoms with Crippen LogP contribution in [0.1, 0.15) is 37.0 Å². The quantitative estimate of drug-likeness (QED) is 0.900. The normalized spacial score (nSPS) is 20.9. The average Bonchev–Trinajstić information content (AvgIpc) is 2.53. The minimum absolute atomic E-state index is 0.0853. The van der Waals surface area contributed by atoms with E-state index in [1.807, 2.05) is 0 Å². The molecule has 25 heavy (non-hydrogen) atoms. The Morgan fingerprint density at radius 3 is 2.56 bits per heavy atom. The fourth-order valence-corrected chi connectivity index (χ4v) is 3.02. The second-order valence-corrected chi connectivity index (χ2v) is 5.92. The van der Waals surface area contributed by atoms with Gasteiger partial charge in [0.05, 0.1) is 12.2 Å². The van der Waals surface area contributed by atoms with Crippen molar-refractivity contribution >= 4 is 11.8 Å². The summed E-state index contributed by atoms with van der Waals surface area (Å²) in [6.07, 6.45) is -4.62. The third-order valence-corrected chi connectivity index (χ3v) is 4.05. The standard InChI is InChI=1S/C17H21F3N2O3/c1-3-25-14-7-5-4-6-13(14)16(24)22-10-12(21-11(2)23)8-9-15(22)17(18,19)20/h4-7,12,15H,3,8-10H2,1-2H3,(H,21,23)/t12-,15+/m0/s1. The van der Waals surface area contributed by atoms with E-state index < -0.39 is 24.2 Å². The zero-order chi connectivity index (χ0) is 18.6. The van der Waals surface area contributed by atoms with Gasteiger partial charge in [-0.3, -0.25) is 9.59 Å². The van der Waals surface area contributed by atoms with Crippen LogP contribution in [0.25, 0.3) is 0 Å². The molecule has 1 aromatic carbocycles. The van der Waals surface area contributed by atoms with Gasteiger partial charge in [-0.15, -0.1) is 0 Å². The largest absolute Gasteiger partial charge is 0.493 e. The molecule has 1 fully saturated rings. The van der Waals surface area contributed by atoms with Gasteiger partial charge in [-0.2, -0.15) is 13.2 Å². The minimum atomic E-state index is -4.53. The molecule has 1 aromatic rings. The molecule has 2 atom stereocenters. The van der Waals surface area contributed by atoms with E-state index in [1.165, 1.54) is 13.0 Å². The smallest absolute Gasteiger partial charge is 0.408 e. The van der Waals surface area contributed by atoms with Crippen LogP contribution in [0.15, 0.2) is 24.3 Å². The third kappa shape index (κ3) is 4.64. The molecule has 8 heteroatoms. The van der Waals surface area contributed by atoms with Crippen molar-refractivity contribution in [1.29, 1.82) is 0 Å². The van der Waals surface area contributed by atoms with Crippen molar-refractivity contribution in [1.82, 2.24) is 10.2 Å². The summed E-state index contributed by atoms with van der Waals surface area (Å²) in [5, 5.41) is 2.60. The Kier molecular flexibility index (Phi) is 5.92. The maximum absolute atomic E-state index is 13.4. The molecule has 1 N–H and O–H groups in total. The number of halogens is 3. The van der Waals surface area contributed by atoms with Crippen molar-refractivity contribution in [2.75, 3.05) is 13.2 Å². The molecule has 0 radical (unpaired) electrons. The summed E-state index contributed by atoms with van der Waals surface area (Å²) in [5.74, 6) is -0.837. The number of hydrogen-bond acceptors (Lipinski definition) is 3. The number of carbonyl (C=O) groups excluding carboxylic acids is 2. The lowest BCUT2D eigenvalue weighted by Gasteiger charge is -2.40. The number of para-hydroxylation sites is 1. The first kappa shape index (κ1) is 19.1. The fourth-order valence-electron chi connectivity index (χ4n) is 3.02. The lowest BCUT2D eigenvalue weighted by atomic mass is 9.96. The van der Waals surface area contributed by atoms with E-state index in [-0.39, 0.29) is 36.6 Å². The van der Waals surface area contributed by atoms with Gasteiger partial charge in [0.1, 0.15) is 11.8 Å². The third-order valence-electron chi connectivity index (χ3n) is 4.05. The molecule has 0 bridgehead atoms. The first-order valence-corrected chi connectivity index (χ1v) is 8.10. The van der Waals surface area contributed by atoms with Gasteiger partial charge >= 0.3 is 6.18 Å². The summed E-state index contributed by atoms with van der Waals surface area (Å²) >= 11 is 0. The topological polar surface area (TPSA) is 58.6 Å². The SMILES string of the molecule is CCOc1ccccc1C(=O)N1C[C@@H](NC(C)=O)CC[C@@H]1C(F)(F)F. The maximum atomic E-state index is 13.4. The number of likely N-dealkylation sites (tertiary alicyclic amines) is 1. The van der Waals surface area contributed by atoms with Crippen LogP contribution >= 0.6 is 0 Å². The molecule has 5 nitrogen and oxygen atoms in total. The summed E-state index contributed by atoms with van der Waals surface area (Å²) < 4.78 is 45.5. The first-order valence-electron chi connectivity index (χ1n) is 8.10. The Labute approximate surface area is 144 Å². The van der Waals surface area contributed by atoms with Gasteiger partial charge in [0, 0.05) is 19.5 Å². The summed E-state index contributed by atoms with van der Waals surface area (Å²) in [6.45, 7) is 3.13. The molecule has 2 rings (SSSR count). The molecular weight excluding hydrogens is 337 g/mol. The van der Waals surface area contributed by atoms with Gasteiger partial charge < -0.3 is 15.0 Å². The molecule has 1 saturated heterocycles. The van der Waals surface area contributed by atoms with Crippen molar-refractivity contribution in [2.24, 2.45) is 0 Å². The maximum Gasteiger partial charge on any atom is 0.408 e. The van der Waals surface area contributed by atoms with E-state index >= 15 is 0 Å². The molecule has 1 aliphatic heterocycles. The van der Waals surface area contributed by atoms with Crippen LogP contribution in [0, 0.1) is 0 Å². The van der Waals surface area contributed by atoms with Crippen molar-refractivity contribution in [3.05, 3.63) is 29.8 Å². The summed E-state index contributed by atoms with van der Waals surface area (Å²) in [5.41, 5.74) is 0.0853. The van der Waals surface area contributed by atoms with E-state index in [0.717, 1.165) is 4.90 Å². The highest BCUT2D eigenvalue weighted by atomic mass is 19.4. The van der Waals surface area contributed by atoms with Crippen molar-refractivity contribution in [3.8, 4) is 5.75 Å². The number of alkyl halides is 3. The van der Waals surface area contributed by atoms with Gasteiger partial charge in [0.25, 0.3) is 5.91 Å². The van der Waals surface area contributed by atoms with E-state index in [4.69, 9.17) is 4.74 Å². The number of amides is 2. The Morgan fingerprint density at radius 2 is 1.96 bits per heavy atom. The van der Waals surface area contributed by atoms with E-state index in [9.17, 15) is 22.8 Å². The van der Waals surface area contributed by atoms with Crippen LogP contribution in [0.2, 0.25) is 0 Å². The van der Waals surface area contributed by atoms with Crippen molar-refractivity contribution in [3.63, 3.8) is 0 Å². The zero-order valence-corrected chi connectivity index (χ0v) is 14.1. The highest BCUT2D eigenvalue weighted by Crippen LogP contribution is 2.34. The molecule has 2 amide bonds. The molecule has 0 aromatic heterocycles. The van der Waals surface area contributed by atoms with E-state index in [0.29, 0.717) is 6.61 Å². The van der Waals surface area contributed by atoms with Gasteiger partial charge in [-0.1, -0.05) is 12.1 Å². The summed E-state index contributed by atoms with van der Waals surface area (Å²) in [6, 6.07) is 3.85. The number of benzene rings is 1. The molecule has 0 unspecified atom stereocenters. The molecular formula is C17H21F3N2O3. The number of rotatable bonds is 4. The van der Waals surface area contributed by atoms with Gasteiger partial charge in [-0.05, 0) is 31.9 Å². The summed E-state index contributed by atoms with van der Waals surface area (Å²) in [7, 11) is 0. The first-order chi connectivity index (χ1) is 11.7. The number of piperidine rings is 1. The molecule has 0 saturated carbocycles. The highest BCUT2D eigenvalue weighted by molar-refractivity contribution is 5.97. The van der Waals surface area contributed by atoms with Crippen LogP contribution in [-0.2, 0) is 4.79 Å². The van der Waals surface area contributed by atoms with Crippen LogP contribution < -0.4 is 10.1 Å². The molecule has 1 heterocycles. The zero-order valence-electron chi connectivity index (χ0n) is 14.1. The van der Waals surface area contributed by atoms with E-state index in [1.54, 1.807) is 25.1 Å². The lowest BCUT2D eigenvalue weighted by Crippen LogP contribution is -2.58. The molecule has 1 aliphatic rings. The van der Waals surface area contributed by atoms with Gasteiger partial charge in [0.15, 0.2) is 0 Å². The fraction of sp³-hybridized carbons (Fsp3) is 0.529. The van der Waals surface area contributed by atoms with Crippen molar-refractivity contribution < 1.29 is 27.5 Å². The number of carbonyl (C=O) groups is 2. The Balaban J connectivity index is 2.32. The van der Waals surface area contributed by atoms with Crippen LogP contribution in [-0.4, -0.2) is 48.1 Å². The monoisotopic (exact) mass is 358 g/mol. The highest BCUT2D eigenvalue weighted by Gasteiger charge is 2.48. The Bertz CT molecular complexity index is 634. The Hall–Kier alpha value is -2.25. The average molecular weight is 358 g/mol. The molecule has 138 valence electrons. The second-order valence-electron chi connectivity index (χ2n) is 5.92. The van der Waals surface area contributed by atoms with Crippen LogP contribution in [0.4, 0.5) is 13.2 Å². The molecule has 0 aliphatic carbocycles. The van der Waals surface area contributed by atoms with Crippen molar-refractivity contribution in [2.45, 2.75) is 44.9 Å². The van der Waals surface area contributed by atoms with Gasteiger partial charge in [0.2, 0.25) is 5.91 Å². The molecule has 0 spiro atoms. The minimum Gasteiger partial charge on any atom is -0.493 e. The Morgan fingerprint density at radius 1 is 1.28 bits per heavy atom. The predicted molar refractivity (Wildman–Crippen MR) is 85.3 cm³/mol. The number of hydrogen-bond donors (Lipinski definition) is 1. The predicted octanol–water partition coefficient (Wildman–Crippen LogP) is 2.76. The van der Waals surface area contributed by atoms with Crippen LogP contribution in [0.3, 0.4) is 0 Å². The lowest BCUT2D eigenvalue weighted by molar-refractivity contribution is -0.184. The van der Waals surface area contributed by atoms with Crippen LogP contribution in [0.5, 0.6) is 5.75 Å². The number of nitrogens with zero attached hydrogens (tertiary/aromatic N) is 1. The number of ether oxygens (including phenoxy) is 1. The summed E-state index contributed by atoms with van der Waals surface area (Å²) in [4.78, 5) is 24.8.